The van der Waals surface area contributed by atoms with Gasteiger partial charge in [0.15, 0.2) is 16.8 Å². The topological polar surface area (TPSA) is 67.7 Å². The number of piperidine rings is 1. The fourth-order valence-corrected chi connectivity index (χ4v) is 4.79. The first-order valence-corrected chi connectivity index (χ1v) is 12.4. The Balaban J connectivity index is 1.95. The summed E-state index contributed by atoms with van der Waals surface area (Å²) in [6.07, 6.45) is 3.72. The third-order valence-electron chi connectivity index (χ3n) is 6.49. The van der Waals surface area contributed by atoms with Gasteiger partial charge >= 0.3 is 0 Å². The summed E-state index contributed by atoms with van der Waals surface area (Å²) in [4.78, 5) is 35.1. The fourth-order valence-electron chi connectivity index (χ4n) is 4.50. The molecule has 1 fully saturated rings. The molecule has 3 rings (SSSR count). The quantitative estimate of drug-likeness (QED) is 0.495. The number of carbonyl (C=O) groups is 1. The molecule has 2 aromatic rings. The number of ether oxygens (including phenoxy) is 1. The van der Waals surface area contributed by atoms with E-state index >= 15 is 0 Å². The minimum atomic E-state index is -0.301. The number of halogens is 1. The smallest absolute Gasteiger partial charge is 0.294 e. The third-order valence-corrected chi connectivity index (χ3v) is 6.76. The van der Waals surface area contributed by atoms with E-state index in [9.17, 15) is 9.59 Å². The molecule has 1 aromatic carbocycles. The lowest BCUT2D eigenvalue weighted by atomic mass is 9.94. The van der Waals surface area contributed by atoms with E-state index in [4.69, 9.17) is 16.3 Å². The van der Waals surface area contributed by atoms with Crippen molar-refractivity contribution in [3.05, 3.63) is 39.8 Å². The molecule has 1 saturated heterocycles. The number of hydrogen-bond donors (Lipinski definition) is 0. The summed E-state index contributed by atoms with van der Waals surface area (Å²) in [5.74, 6) is 1.75. The molecule has 1 aliphatic rings. The van der Waals surface area contributed by atoms with Crippen LogP contribution in [0, 0.1) is 11.8 Å². The number of likely N-dealkylation sites (tertiary alicyclic amines) is 1. The second-order valence-electron chi connectivity index (χ2n) is 9.79. The maximum absolute atomic E-state index is 13.6. The average Bonchev–Trinajstić information content (AvgIpc) is 2.80. The largest absolute Gasteiger partial charge is 0.497 e. The molecule has 1 aliphatic heterocycles. The predicted molar refractivity (Wildman–Crippen MR) is 138 cm³/mol. The van der Waals surface area contributed by atoms with Crippen LogP contribution in [0.5, 0.6) is 5.75 Å². The van der Waals surface area contributed by atoms with Gasteiger partial charge in [0.05, 0.1) is 19.3 Å². The molecule has 0 N–H and O–H groups in total. The number of anilines is 1. The molecular weight excluding hydrogens is 452 g/mol. The lowest BCUT2D eigenvalue weighted by Gasteiger charge is -2.30. The summed E-state index contributed by atoms with van der Waals surface area (Å²) < 4.78 is 6.83. The van der Waals surface area contributed by atoms with Gasteiger partial charge in [-0.2, -0.15) is 0 Å². The normalized spacial score (nSPS) is 15.0. The zero-order chi connectivity index (χ0) is 24.8. The van der Waals surface area contributed by atoms with Crippen LogP contribution in [-0.4, -0.2) is 61.1 Å². The monoisotopic (exact) mass is 488 g/mol. The Morgan fingerprint density at radius 3 is 2.65 bits per heavy atom. The number of rotatable bonds is 10. The van der Waals surface area contributed by atoms with E-state index in [2.05, 4.69) is 16.9 Å². The number of Topliss-reactive ketones (excluding diaryl/α,β-unsaturated/α-hetero) is 1. The molecule has 0 bridgehead atoms. The first kappa shape index (κ1) is 26.2. The highest BCUT2D eigenvalue weighted by Crippen LogP contribution is 2.30. The van der Waals surface area contributed by atoms with Gasteiger partial charge in [0.2, 0.25) is 0 Å². The van der Waals surface area contributed by atoms with Crippen molar-refractivity contribution < 1.29 is 9.53 Å². The van der Waals surface area contributed by atoms with Gasteiger partial charge in [0.25, 0.3) is 5.56 Å². The first-order valence-electron chi connectivity index (χ1n) is 12.1. The fraction of sp³-hybridized carbons (Fsp3) is 0.577. The number of carbonyl (C=O) groups excluding carboxylic acids is 1. The molecule has 186 valence electrons. The SMILES string of the molecule is COc1cccc(-c2c(Cl)nc(N(C)CCC3CCN(C)CC3)c(=O)n2CC(=O)CC(C)C)c1. The highest BCUT2D eigenvalue weighted by atomic mass is 35.5. The van der Waals surface area contributed by atoms with Crippen LogP contribution in [0.4, 0.5) is 5.82 Å². The summed E-state index contributed by atoms with van der Waals surface area (Å²) in [6.45, 7) is 6.88. The van der Waals surface area contributed by atoms with E-state index in [0.29, 0.717) is 35.9 Å². The van der Waals surface area contributed by atoms with Crippen LogP contribution in [0.1, 0.15) is 39.5 Å². The van der Waals surface area contributed by atoms with E-state index in [0.717, 1.165) is 19.5 Å². The number of ketones is 1. The van der Waals surface area contributed by atoms with Gasteiger partial charge in [-0.3, -0.25) is 14.2 Å². The third kappa shape index (κ3) is 6.60. The second-order valence-corrected chi connectivity index (χ2v) is 10.1. The molecule has 2 heterocycles. The van der Waals surface area contributed by atoms with E-state index in [-0.39, 0.29) is 34.8 Å². The Hall–Kier alpha value is -2.38. The minimum Gasteiger partial charge on any atom is -0.497 e. The number of nitrogens with zero attached hydrogens (tertiary/aromatic N) is 4. The molecule has 0 atom stereocenters. The van der Waals surface area contributed by atoms with Gasteiger partial charge < -0.3 is 14.5 Å². The van der Waals surface area contributed by atoms with Crippen molar-refractivity contribution in [1.82, 2.24) is 14.5 Å². The molecule has 8 heteroatoms. The number of hydrogen-bond acceptors (Lipinski definition) is 6. The zero-order valence-corrected chi connectivity index (χ0v) is 21.8. The summed E-state index contributed by atoms with van der Waals surface area (Å²) in [5.41, 5.74) is 0.826. The van der Waals surface area contributed by atoms with Gasteiger partial charge in [-0.25, -0.2) is 4.98 Å². The highest BCUT2D eigenvalue weighted by Gasteiger charge is 2.23. The van der Waals surface area contributed by atoms with E-state index < -0.39 is 0 Å². The van der Waals surface area contributed by atoms with Crippen LogP contribution in [-0.2, 0) is 11.3 Å². The molecule has 0 unspecified atom stereocenters. The molecule has 34 heavy (non-hydrogen) atoms. The van der Waals surface area contributed by atoms with Gasteiger partial charge in [-0.15, -0.1) is 0 Å². The Morgan fingerprint density at radius 1 is 1.29 bits per heavy atom. The van der Waals surface area contributed by atoms with Crippen LogP contribution in [0.15, 0.2) is 29.1 Å². The zero-order valence-electron chi connectivity index (χ0n) is 21.0. The standard InChI is InChI=1S/C26H37ClN4O3/c1-18(2)15-21(32)17-31-23(20-7-6-8-22(16-20)34-5)24(27)28-25(26(31)33)30(4)14-11-19-9-12-29(3)13-10-19/h6-8,16,18-19H,9-15,17H2,1-5H3. The molecular formula is C26H37ClN4O3. The summed E-state index contributed by atoms with van der Waals surface area (Å²) in [7, 11) is 5.61. The molecule has 1 aromatic heterocycles. The average molecular weight is 489 g/mol. The lowest BCUT2D eigenvalue weighted by molar-refractivity contribution is -0.120. The minimum absolute atomic E-state index is 0.0107. The van der Waals surface area contributed by atoms with Gasteiger partial charge in [0.1, 0.15) is 5.75 Å². The van der Waals surface area contributed by atoms with Crippen LogP contribution < -0.4 is 15.2 Å². The Morgan fingerprint density at radius 2 is 2.00 bits per heavy atom. The second kappa shape index (κ2) is 11.8. The number of aromatic nitrogens is 2. The van der Waals surface area contributed by atoms with Crippen LogP contribution in [0.2, 0.25) is 5.15 Å². The van der Waals surface area contributed by atoms with Crippen molar-refractivity contribution in [2.45, 2.75) is 46.1 Å². The molecule has 0 saturated carbocycles. The predicted octanol–water partition coefficient (Wildman–Crippen LogP) is 4.36. The summed E-state index contributed by atoms with van der Waals surface area (Å²) >= 11 is 6.68. The molecule has 0 radical (unpaired) electrons. The Kier molecular flexibility index (Phi) is 9.14. The van der Waals surface area contributed by atoms with Crippen molar-refractivity contribution in [1.29, 1.82) is 0 Å². The number of methoxy groups -OCH3 is 1. The van der Waals surface area contributed by atoms with Crippen LogP contribution in [0.3, 0.4) is 0 Å². The maximum Gasteiger partial charge on any atom is 0.294 e. The Labute approximate surface area is 207 Å². The van der Waals surface area contributed by atoms with E-state index in [1.54, 1.807) is 13.2 Å². The van der Waals surface area contributed by atoms with Gasteiger partial charge in [0, 0.05) is 25.6 Å². The summed E-state index contributed by atoms with van der Waals surface area (Å²) in [6, 6.07) is 7.30. The lowest BCUT2D eigenvalue weighted by Crippen LogP contribution is -2.36. The molecule has 7 nitrogen and oxygen atoms in total. The van der Waals surface area contributed by atoms with Crippen molar-refractivity contribution in [2.75, 3.05) is 45.7 Å². The molecule has 0 amide bonds. The van der Waals surface area contributed by atoms with Crippen molar-refractivity contribution in [3.8, 4) is 17.0 Å². The van der Waals surface area contributed by atoms with E-state index in [1.165, 1.54) is 17.4 Å². The van der Waals surface area contributed by atoms with Gasteiger partial charge in [-0.05, 0) is 63.4 Å². The van der Waals surface area contributed by atoms with Crippen molar-refractivity contribution >= 4 is 23.2 Å². The molecule has 0 aliphatic carbocycles. The molecule has 0 spiro atoms. The Bertz CT molecular complexity index is 1040. The van der Waals surface area contributed by atoms with Crippen LogP contribution >= 0.6 is 11.6 Å². The van der Waals surface area contributed by atoms with Crippen LogP contribution in [0.25, 0.3) is 11.3 Å². The van der Waals surface area contributed by atoms with Crippen molar-refractivity contribution in [2.24, 2.45) is 11.8 Å². The maximum atomic E-state index is 13.6. The highest BCUT2D eigenvalue weighted by molar-refractivity contribution is 6.32. The number of benzene rings is 1. The summed E-state index contributed by atoms with van der Waals surface area (Å²) in [5, 5.41) is 0.200. The van der Waals surface area contributed by atoms with Gasteiger partial charge in [-0.1, -0.05) is 37.6 Å². The van der Waals surface area contributed by atoms with Crippen molar-refractivity contribution in [3.63, 3.8) is 0 Å². The van der Waals surface area contributed by atoms with E-state index in [1.807, 2.05) is 44.0 Å². The first-order chi connectivity index (χ1) is 16.2.